The van der Waals surface area contributed by atoms with Gasteiger partial charge < -0.3 is 9.47 Å². The third-order valence-corrected chi connectivity index (χ3v) is 2.83. The summed E-state index contributed by atoms with van der Waals surface area (Å²) < 4.78 is 10.2. The van der Waals surface area contributed by atoms with Gasteiger partial charge in [-0.3, -0.25) is 15.3 Å². The van der Waals surface area contributed by atoms with Gasteiger partial charge in [0.25, 0.3) is 0 Å². The van der Waals surface area contributed by atoms with E-state index in [2.05, 4.69) is 4.84 Å². The van der Waals surface area contributed by atoms with Crippen LogP contribution in [-0.4, -0.2) is 42.1 Å². The number of aryl methyl sites for hydroxylation is 1. The molecule has 0 saturated heterocycles. The van der Waals surface area contributed by atoms with Gasteiger partial charge in [0.1, 0.15) is 5.75 Å². The van der Waals surface area contributed by atoms with Crippen molar-refractivity contribution in [2.45, 2.75) is 19.8 Å². The second kappa shape index (κ2) is 9.91. The molecule has 0 bridgehead atoms. The van der Waals surface area contributed by atoms with Gasteiger partial charge in [-0.15, -0.1) is 0 Å². The predicted octanol–water partition coefficient (Wildman–Crippen LogP) is 2.35. The summed E-state index contributed by atoms with van der Waals surface area (Å²) in [5.74, 6) is 0.323. The first-order chi connectivity index (χ1) is 10.5. The van der Waals surface area contributed by atoms with Gasteiger partial charge in [0.15, 0.2) is 0 Å². The summed E-state index contributed by atoms with van der Waals surface area (Å²) in [7, 11) is 1.60. The number of ether oxygens (including phenoxy) is 2. The molecule has 2 N–H and O–H groups in total. The van der Waals surface area contributed by atoms with Crippen molar-refractivity contribution in [1.82, 2.24) is 5.39 Å². The molecule has 22 heavy (non-hydrogen) atoms. The Morgan fingerprint density at radius 1 is 1.27 bits per heavy atom. The van der Waals surface area contributed by atoms with Gasteiger partial charge in [0.05, 0.1) is 25.7 Å². The first-order valence-corrected chi connectivity index (χ1v) is 6.83. The van der Waals surface area contributed by atoms with E-state index in [9.17, 15) is 4.79 Å². The molecule has 1 aromatic rings. The largest absolute Gasteiger partial charge is 0.496 e. The molecular weight excluding hydrogens is 290 g/mol. The molecule has 0 aliphatic rings. The average Bonchev–Trinajstić information content (AvgIpc) is 2.49. The number of methoxy groups -OCH3 is 1. The quantitative estimate of drug-likeness (QED) is 0.313. The maximum atomic E-state index is 11.5. The van der Waals surface area contributed by atoms with E-state index in [1.54, 1.807) is 13.2 Å². The number of carbonyl (C=O) groups excluding carboxylic acids is 1. The van der Waals surface area contributed by atoms with Crippen molar-refractivity contribution < 1.29 is 29.5 Å². The van der Waals surface area contributed by atoms with Crippen LogP contribution in [0.4, 0.5) is 0 Å². The molecule has 0 heterocycles. The van der Waals surface area contributed by atoms with E-state index in [1.165, 1.54) is 6.08 Å². The molecule has 122 valence electrons. The molecule has 0 aliphatic heterocycles. The molecule has 0 amide bonds. The molecule has 0 saturated carbocycles. The second-order valence-electron chi connectivity index (χ2n) is 4.52. The Hall–Kier alpha value is -1.93. The van der Waals surface area contributed by atoms with Crippen molar-refractivity contribution in [2.24, 2.45) is 0 Å². The Labute approximate surface area is 129 Å². The van der Waals surface area contributed by atoms with Crippen molar-refractivity contribution >= 4 is 12.0 Å². The number of unbranched alkanes of at least 4 members (excludes halogenated alkanes) is 1. The topological polar surface area (TPSA) is 88.5 Å². The molecule has 0 spiro atoms. The van der Waals surface area contributed by atoms with Crippen LogP contribution in [0.15, 0.2) is 24.3 Å². The molecule has 7 nitrogen and oxygen atoms in total. The first-order valence-electron chi connectivity index (χ1n) is 6.83. The van der Waals surface area contributed by atoms with Crippen molar-refractivity contribution in [3.05, 3.63) is 35.4 Å². The van der Waals surface area contributed by atoms with Gasteiger partial charge in [-0.05, 0) is 43.0 Å². The Balaban J connectivity index is 2.29. The highest BCUT2D eigenvalue weighted by atomic mass is 17.1. The molecule has 0 aromatic heterocycles. The lowest BCUT2D eigenvalue weighted by molar-refractivity contribution is -0.492. The smallest absolute Gasteiger partial charge is 0.330 e. The minimum atomic E-state index is -0.439. The number of hydrogen-bond donors (Lipinski definition) is 2. The van der Waals surface area contributed by atoms with Crippen molar-refractivity contribution in [3.8, 4) is 5.75 Å². The maximum Gasteiger partial charge on any atom is 0.330 e. The first kappa shape index (κ1) is 18.1. The third kappa shape index (κ3) is 7.19. The van der Waals surface area contributed by atoms with E-state index in [1.807, 2.05) is 25.1 Å². The zero-order valence-electron chi connectivity index (χ0n) is 12.7. The highest BCUT2D eigenvalue weighted by molar-refractivity contribution is 5.87. The lowest BCUT2D eigenvalue weighted by atomic mass is 10.1. The zero-order valence-corrected chi connectivity index (χ0v) is 12.7. The van der Waals surface area contributed by atoms with E-state index in [0.717, 1.165) is 16.9 Å². The average molecular weight is 311 g/mol. The lowest BCUT2D eigenvalue weighted by Crippen LogP contribution is -2.15. The van der Waals surface area contributed by atoms with Crippen LogP contribution in [-0.2, 0) is 14.4 Å². The van der Waals surface area contributed by atoms with Gasteiger partial charge in [-0.2, -0.15) is 0 Å². The maximum absolute atomic E-state index is 11.5. The highest BCUT2D eigenvalue weighted by Crippen LogP contribution is 2.19. The summed E-state index contributed by atoms with van der Waals surface area (Å²) in [6.07, 6.45) is 4.10. The normalized spacial score (nSPS) is 11.1. The van der Waals surface area contributed by atoms with Crippen LogP contribution in [0.5, 0.6) is 5.75 Å². The minimum Gasteiger partial charge on any atom is -0.496 e. The van der Waals surface area contributed by atoms with E-state index in [-0.39, 0.29) is 18.6 Å². The third-order valence-electron chi connectivity index (χ3n) is 2.83. The summed E-state index contributed by atoms with van der Waals surface area (Å²) in [6, 6.07) is 5.63. The van der Waals surface area contributed by atoms with Gasteiger partial charge >= 0.3 is 5.97 Å². The molecule has 0 radical (unpaired) electrons. The van der Waals surface area contributed by atoms with Gasteiger partial charge in [-0.25, -0.2) is 4.79 Å². The summed E-state index contributed by atoms with van der Waals surface area (Å²) in [5, 5.41) is 16.2. The van der Waals surface area contributed by atoms with E-state index in [4.69, 9.17) is 19.9 Å². The number of esters is 1. The Kier molecular flexibility index (Phi) is 8.16. The molecular formula is C15H21NO6. The minimum absolute atomic E-state index is 0.129. The van der Waals surface area contributed by atoms with Crippen LogP contribution in [0.25, 0.3) is 6.08 Å². The van der Waals surface area contributed by atoms with E-state index >= 15 is 0 Å². The van der Waals surface area contributed by atoms with Crippen LogP contribution < -0.4 is 4.74 Å². The summed E-state index contributed by atoms with van der Waals surface area (Å²) in [4.78, 5) is 15.9. The van der Waals surface area contributed by atoms with E-state index < -0.39 is 5.97 Å². The van der Waals surface area contributed by atoms with E-state index in [0.29, 0.717) is 12.8 Å². The summed E-state index contributed by atoms with van der Waals surface area (Å²) >= 11 is 0. The van der Waals surface area contributed by atoms with Crippen LogP contribution in [0.1, 0.15) is 24.0 Å². The molecule has 0 unspecified atom stereocenters. The van der Waals surface area contributed by atoms with Crippen molar-refractivity contribution in [1.29, 1.82) is 0 Å². The second-order valence-corrected chi connectivity index (χ2v) is 4.52. The Bertz CT molecular complexity index is 501. The fourth-order valence-electron chi connectivity index (χ4n) is 1.68. The predicted molar refractivity (Wildman–Crippen MR) is 78.3 cm³/mol. The number of nitrogens with zero attached hydrogens (tertiary/aromatic N) is 1. The fourth-order valence-corrected chi connectivity index (χ4v) is 1.68. The SMILES string of the molecule is COc1cc(/C=C/C(=O)OCCCCON(O)O)ccc1C. The molecule has 0 aliphatic carbocycles. The molecule has 1 rings (SSSR count). The standard InChI is InChI=1S/C15H21NO6/c1-12-5-6-13(11-14(12)20-2)7-8-15(17)21-9-3-4-10-22-16(18)19/h5-8,11,18-19H,3-4,9-10H2,1-2H3/b8-7+. The van der Waals surface area contributed by atoms with Crippen LogP contribution >= 0.6 is 0 Å². The Morgan fingerprint density at radius 3 is 2.68 bits per heavy atom. The number of benzene rings is 1. The summed E-state index contributed by atoms with van der Waals surface area (Å²) in [5.41, 5.74) is 1.87. The fraction of sp³-hybridized carbons (Fsp3) is 0.400. The summed E-state index contributed by atoms with van der Waals surface area (Å²) in [6.45, 7) is 2.31. The van der Waals surface area contributed by atoms with Gasteiger partial charge in [0, 0.05) is 6.08 Å². The number of hydrogen-bond acceptors (Lipinski definition) is 7. The number of rotatable bonds is 9. The lowest BCUT2D eigenvalue weighted by Gasteiger charge is -2.06. The van der Waals surface area contributed by atoms with Gasteiger partial charge in [0.2, 0.25) is 0 Å². The molecule has 0 fully saturated rings. The Morgan fingerprint density at radius 2 is 2.00 bits per heavy atom. The molecule has 1 aromatic carbocycles. The van der Waals surface area contributed by atoms with Crippen LogP contribution in [0, 0.1) is 6.92 Å². The number of carbonyl (C=O) groups is 1. The zero-order chi connectivity index (χ0) is 16.4. The monoisotopic (exact) mass is 311 g/mol. The molecule has 0 atom stereocenters. The van der Waals surface area contributed by atoms with Gasteiger partial charge in [-0.1, -0.05) is 12.1 Å². The van der Waals surface area contributed by atoms with Crippen molar-refractivity contribution in [3.63, 3.8) is 0 Å². The van der Waals surface area contributed by atoms with Crippen LogP contribution in [0.2, 0.25) is 0 Å². The van der Waals surface area contributed by atoms with Crippen LogP contribution in [0.3, 0.4) is 0 Å². The van der Waals surface area contributed by atoms with Crippen molar-refractivity contribution in [2.75, 3.05) is 20.3 Å². The highest BCUT2D eigenvalue weighted by Gasteiger charge is 2.01. The molecule has 7 heteroatoms.